The molecule has 0 unspecified atom stereocenters. The SMILES string of the molecule is O=c1cc(CN2CCN(S(=O)(=O)c3ccc(Cl)cc3)CC2)c2cc(Cl)c(O)cc2o1. The molecule has 2 heterocycles. The number of phenols is 1. The third-order valence-electron chi connectivity index (χ3n) is 5.07. The fourth-order valence-electron chi connectivity index (χ4n) is 3.49. The van der Waals surface area contributed by atoms with E-state index in [1.165, 1.54) is 28.6 Å². The molecular weight excluding hydrogens is 451 g/mol. The normalized spacial score (nSPS) is 16.2. The lowest BCUT2D eigenvalue weighted by Gasteiger charge is -2.34. The third kappa shape index (κ3) is 4.19. The van der Waals surface area contributed by atoms with Crippen molar-refractivity contribution in [1.82, 2.24) is 9.21 Å². The van der Waals surface area contributed by atoms with E-state index in [2.05, 4.69) is 4.90 Å². The Labute approximate surface area is 183 Å². The highest BCUT2D eigenvalue weighted by atomic mass is 35.5. The van der Waals surface area contributed by atoms with Crippen LogP contribution in [-0.2, 0) is 16.6 Å². The largest absolute Gasteiger partial charge is 0.506 e. The zero-order valence-electron chi connectivity index (χ0n) is 15.7. The summed E-state index contributed by atoms with van der Waals surface area (Å²) in [7, 11) is -3.59. The van der Waals surface area contributed by atoms with Gasteiger partial charge in [0, 0.05) is 55.3 Å². The first-order valence-corrected chi connectivity index (χ1v) is 11.4. The van der Waals surface area contributed by atoms with Gasteiger partial charge in [0.1, 0.15) is 11.3 Å². The standard InChI is InChI=1S/C20H18Cl2N2O5S/c21-14-1-3-15(4-2-14)30(27,28)24-7-5-23(6-8-24)12-13-9-20(26)29-19-11-18(25)17(22)10-16(13)19/h1-4,9-11,25H,5-8,12H2. The lowest BCUT2D eigenvalue weighted by Crippen LogP contribution is -2.48. The van der Waals surface area contributed by atoms with Crippen LogP contribution in [0.5, 0.6) is 5.75 Å². The lowest BCUT2D eigenvalue weighted by molar-refractivity contribution is 0.182. The first-order chi connectivity index (χ1) is 14.2. The predicted molar refractivity (Wildman–Crippen MR) is 115 cm³/mol. The molecule has 0 bridgehead atoms. The van der Waals surface area contributed by atoms with E-state index in [1.54, 1.807) is 18.2 Å². The number of phenolic OH excluding ortho intramolecular Hbond substituents is 1. The average molecular weight is 469 g/mol. The molecule has 3 aromatic rings. The highest BCUT2D eigenvalue weighted by molar-refractivity contribution is 7.89. The average Bonchev–Trinajstić information content (AvgIpc) is 2.70. The minimum Gasteiger partial charge on any atom is -0.506 e. The Kier molecular flexibility index (Phi) is 5.78. The van der Waals surface area contributed by atoms with Gasteiger partial charge >= 0.3 is 5.63 Å². The number of fused-ring (bicyclic) bond motifs is 1. The van der Waals surface area contributed by atoms with Gasteiger partial charge in [-0.3, -0.25) is 4.90 Å². The fraction of sp³-hybridized carbons (Fsp3) is 0.250. The van der Waals surface area contributed by atoms with Crippen LogP contribution in [0.25, 0.3) is 11.0 Å². The lowest BCUT2D eigenvalue weighted by atomic mass is 10.1. The van der Waals surface area contributed by atoms with Crippen LogP contribution in [0.1, 0.15) is 5.56 Å². The van der Waals surface area contributed by atoms with E-state index in [9.17, 15) is 18.3 Å². The summed E-state index contributed by atoms with van der Waals surface area (Å²) in [4.78, 5) is 14.2. The Hall–Kier alpha value is -2.10. The van der Waals surface area contributed by atoms with Gasteiger partial charge in [-0.15, -0.1) is 0 Å². The van der Waals surface area contributed by atoms with Crippen molar-refractivity contribution in [2.75, 3.05) is 26.2 Å². The number of halogens is 2. The van der Waals surface area contributed by atoms with Crippen molar-refractivity contribution in [1.29, 1.82) is 0 Å². The molecule has 30 heavy (non-hydrogen) atoms. The number of hydrogen-bond donors (Lipinski definition) is 1. The molecule has 1 aliphatic rings. The molecule has 0 spiro atoms. The van der Waals surface area contributed by atoms with Gasteiger partial charge in [0.05, 0.1) is 9.92 Å². The molecule has 1 saturated heterocycles. The molecule has 0 amide bonds. The number of piperazine rings is 1. The summed E-state index contributed by atoms with van der Waals surface area (Å²) in [6, 6.07) is 10.4. The maximum Gasteiger partial charge on any atom is 0.336 e. The van der Waals surface area contributed by atoms with Crippen LogP contribution < -0.4 is 5.63 Å². The molecule has 1 aliphatic heterocycles. The van der Waals surface area contributed by atoms with Gasteiger partial charge in [0.15, 0.2) is 0 Å². The van der Waals surface area contributed by atoms with Crippen molar-refractivity contribution >= 4 is 44.2 Å². The van der Waals surface area contributed by atoms with Crippen LogP contribution >= 0.6 is 23.2 Å². The molecular formula is C20H18Cl2N2O5S. The summed E-state index contributed by atoms with van der Waals surface area (Å²) in [6.45, 7) is 2.08. The molecule has 0 saturated carbocycles. The van der Waals surface area contributed by atoms with Gasteiger partial charge in [-0.1, -0.05) is 23.2 Å². The highest BCUT2D eigenvalue weighted by Crippen LogP contribution is 2.30. The van der Waals surface area contributed by atoms with E-state index in [4.69, 9.17) is 27.6 Å². The maximum absolute atomic E-state index is 12.8. The van der Waals surface area contributed by atoms with E-state index >= 15 is 0 Å². The van der Waals surface area contributed by atoms with Crippen molar-refractivity contribution in [3.05, 3.63) is 68.5 Å². The molecule has 2 aromatic carbocycles. The molecule has 1 fully saturated rings. The molecule has 158 valence electrons. The Balaban J connectivity index is 1.51. The smallest absolute Gasteiger partial charge is 0.336 e. The minimum absolute atomic E-state index is 0.162. The Bertz CT molecular complexity index is 1250. The van der Waals surface area contributed by atoms with Gasteiger partial charge in [-0.2, -0.15) is 4.31 Å². The summed E-state index contributed by atoms with van der Waals surface area (Å²) in [5.74, 6) is -0.162. The highest BCUT2D eigenvalue weighted by Gasteiger charge is 2.28. The number of benzene rings is 2. The Morgan fingerprint density at radius 2 is 1.67 bits per heavy atom. The van der Waals surface area contributed by atoms with E-state index in [-0.39, 0.29) is 21.3 Å². The van der Waals surface area contributed by atoms with Crippen LogP contribution in [0.15, 0.2) is 56.6 Å². The zero-order valence-corrected chi connectivity index (χ0v) is 18.0. The monoisotopic (exact) mass is 468 g/mol. The van der Waals surface area contributed by atoms with Gasteiger partial charge in [-0.25, -0.2) is 13.2 Å². The predicted octanol–water partition coefficient (Wildman–Crippen LogP) is 3.31. The topological polar surface area (TPSA) is 91.1 Å². The summed E-state index contributed by atoms with van der Waals surface area (Å²) < 4.78 is 32.2. The van der Waals surface area contributed by atoms with Crippen molar-refractivity contribution in [2.24, 2.45) is 0 Å². The van der Waals surface area contributed by atoms with Crippen LogP contribution in [0, 0.1) is 0 Å². The third-order valence-corrected chi connectivity index (χ3v) is 7.54. The van der Waals surface area contributed by atoms with E-state index in [0.29, 0.717) is 48.7 Å². The second-order valence-corrected chi connectivity index (χ2v) is 9.81. The summed E-state index contributed by atoms with van der Waals surface area (Å²) in [5, 5.41) is 11.0. The number of rotatable bonds is 4. The Morgan fingerprint density at radius 3 is 2.33 bits per heavy atom. The van der Waals surface area contributed by atoms with Crippen LogP contribution in [0.3, 0.4) is 0 Å². The van der Waals surface area contributed by atoms with Crippen molar-refractivity contribution < 1.29 is 17.9 Å². The van der Waals surface area contributed by atoms with E-state index < -0.39 is 15.6 Å². The number of nitrogens with zero attached hydrogens (tertiary/aromatic N) is 2. The molecule has 4 rings (SSSR count). The molecule has 10 heteroatoms. The first kappa shape index (κ1) is 21.1. The Morgan fingerprint density at radius 1 is 1.00 bits per heavy atom. The maximum atomic E-state index is 12.8. The molecule has 1 N–H and O–H groups in total. The van der Waals surface area contributed by atoms with E-state index in [1.807, 2.05) is 0 Å². The number of aromatic hydroxyl groups is 1. The molecule has 0 radical (unpaired) electrons. The van der Waals surface area contributed by atoms with Crippen LogP contribution in [-0.4, -0.2) is 48.9 Å². The van der Waals surface area contributed by atoms with Gasteiger partial charge in [0.25, 0.3) is 0 Å². The van der Waals surface area contributed by atoms with Crippen LogP contribution in [0.4, 0.5) is 0 Å². The minimum atomic E-state index is -3.59. The van der Waals surface area contributed by atoms with Gasteiger partial charge < -0.3 is 9.52 Å². The van der Waals surface area contributed by atoms with Gasteiger partial charge in [0.2, 0.25) is 10.0 Å². The fourth-order valence-corrected chi connectivity index (χ4v) is 5.20. The summed E-state index contributed by atoms with van der Waals surface area (Å²) in [6.07, 6.45) is 0. The van der Waals surface area contributed by atoms with Crippen molar-refractivity contribution in [3.63, 3.8) is 0 Å². The van der Waals surface area contributed by atoms with E-state index in [0.717, 1.165) is 0 Å². The second-order valence-electron chi connectivity index (χ2n) is 7.02. The quantitative estimate of drug-likeness (QED) is 0.590. The summed E-state index contributed by atoms with van der Waals surface area (Å²) in [5.41, 5.74) is 0.434. The van der Waals surface area contributed by atoms with Crippen LogP contribution in [0.2, 0.25) is 10.0 Å². The van der Waals surface area contributed by atoms with Gasteiger partial charge in [-0.05, 0) is 35.9 Å². The first-order valence-electron chi connectivity index (χ1n) is 9.17. The molecule has 7 nitrogen and oxygen atoms in total. The molecule has 0 aliphatic carbocycles. The zero-order chi connectivity index (χ0) is 21.5. The number of hydrogen-bond acceptors (Lipinski definition) is 6. The number of sulfonamides is 1. The molecule has 1 aromatic heterocycles. The van der Waals surface area contributed by atoms with Crippen molar-refractivity contribution in [3.8, 4) is 5.75 Å². The molecule has 0 atom stereocenters. The van der Waals surface area contributed by atoms with Crippen molar-refractivity contribution in [2.45, 2.75) is 11.4 Å². The second kappa shape index (κ2) is 8.20. The summed E-state index contributed by atoms with van der Waals surface area (Å²) >= 11 is 11.9.